The topological polar surface area (TPSA) is 71.2 Å². The van der Waals surface area contributed by atoms with Gasteiger partial charge in [0.2, 0.25) is 5.89 Å². The lowest BCUT2D eigenvalue weighted by atomic mass is 9.82. The molecule has 1 unspecified atom stereocenters. The molecule has 2 heterocycles. The van der Waals surface area contributed by atoms with Gasteiger partial charge in [0.15, 0.2) is 5.82 Å². The zero-order valence-electron chi connectivity index (χ0n) is 9.93. The Balaban J connectivity index is 1.66. The summed E-state index contributed by atoms with van der Waals surface area (Å²) in [6.45, 7) is 1.04. The molecule has 1 aliphatic carbocycles. The maximum Gasteiger partial charge on any atom is 0.230 e. The van der Waals surface area contributed by atoms with Gasteiger partial charge in [0.25, 0.3) is 0 Å². The van der Waals surface area contributed by atoms with E-state index in [0.717, 1.165) is 31.6 Å². The fourth-order valence-electron chi connectivity index (χ4n) is 2.59. The number of rotatable bonds is 2. The lowest BCUT2D eigenvalue weighted by Gasteiger charge is -2.27. The van der Waals surface area contributed by atoms with E-state index in [1.807, 2.05) is 0 Å². The van der Waals surface area contributed by atoms with Crippen molar-refractivity contribution < 1.29 is 9.63 Å². The highest BCUT2D eigenvalue weighted by Crippen LogP contribution is 2.36. The second-order valence-electron chi connectivity index (χ2n) is 5.17. The number of hydrogen-bond acceptors (Lipinski definition) is 5. The van der Waals surface area contributed by atoms with Gasteiger partial charge in [-0.3, -0.25) is 0 Å². The first-order valence-corrected chi connectivity index (χ1v) is 6.58. The van der Waals surface area contributed by atoms with E-state index in [2.05, 4.69) is 15.5 Å². The molecule has 17 heavy (non-hydrogen) atoms. The summed E-state index contributed by atoms with van der Waals surface area (Å²) in [6, 6.07) is 0.250. The Labute approximate surface area is 101 Å². The summed E-state index contributed by atoms with van der Waals surface area (Å²) in [5, 5.41) is 16.8. The first-order valence-electron chi connectivity index (χ1n) is 6.58. The summed E-state index contributed by atoms with van der Waals surface area (Å²) in [6.07, 6.45) is 6.18. The summed E-state index contributed by atoms with van der Waals surface area (Å²) < 4.78 is 5.30. The molecule has 1 aliphatic heterocycles. The molecule has 0 bridgehead atoms. The normalized spacial score (nSPS) is 34.1. The molecule has 5 nitrogen and oxygen atoms in total. The SMILES string of the molecule is OC1CC(c2nc(C3CCCCCN3)no2)C1. The Hall–Kier alpha value is -0.940. The minimum absolute atomic E-state index is 0.175. The smallest absolute Gasteiger partial charge is 0.230 e. The van der Waals surface area contributed by atoms with Crippen molar-refractivity contribution in [3.63, 3.8) is 0 Å². The molecule has 0 aromatic carbocycles. The van der Waals surface area contributed by atoms with Crippen LogP contribution in [0, 0.1) is 0 Å². The second kappa shape index (κ2) is 4.74. The maximum absolute atomic E-state index is 9.27. The van der Waals surface area contributed by atoms with Gasteiger partial charge in [0.05, 0.1) is 12.1 Å². The second-order valence-corrected chi connectivity index (χ2v) is 5.17. The Morgan fingerprint density at radius 2 is 2.12 bits per heavy atom. The molecule has 0 spiro atoms. The minimum atomic E-state index is -0.175. The molecule has 3 rings (SSSR count). The van der Waals surface area contributed by atoms with Crippen molar-refractivity contribution in [2.24, 2.45) is 0 Å². The maximum atomic E-state index is 9.27. The van der Waals surface area contributed by atoms with Crippen molar-refractivity contribution in [3.8, 4) is 0 Å². The van der Waals surface area contributed by atoms with E-state index in [0.29, 0.717) is 5.89 Å². The lowest BCUT2D eigenvalue weighted by molar-refractivity contribution is 0.0625. The average molecular weight is 237 g/mol. The van der Waals surface area contributed by atoms with Crippen LogP contribution in [0.3, 0.4) is 0 Å². The largest absolute Gasteiger partial charge is 0.393 e. The molecule has 1 aromatic rings. The van der Waals surface area contributed by atoms with Gasteiger partial charge >= 0.3 is 0 Å². The van der Waals surface area contributed by atoms with Gasteiger partial charge in [0, 0.05) is 5.92 Å². The third kappa shape index (κ3) is 2.35. The van der Waals surface area contributed by atoms with E-state index in [1.54, 1.807) is 0 Å². The Bertz CT molecular complexity index is 366. The Kier molecular flexibility index (Phi) is 3.11. The van der Waals surface area contributed by atoms with Crippen LogP contribution in [0.4, 0.5) is 0 Å². The highest BCUT2D eigenvalue weighted by Gasteiger charge is 2.33. The van der Waals surface area contributed by atoms with Gasteiger partial charge < -0.3 is 14.9 Å². The molecule has 2 N–H and O–H groups in total. The summed E-state index contributed by atoms with van der Waals surface area (Å²) in [7, 11) is 0. The van der Waals surface area contributed by atoms with E-state index in [9.17, 15) is 5.11 Å². The average Bonchev–Trinajstić information content (AvgIpc) is 2.60. The molecule has 0 radical (unpaired) electrons. The zero-order chi connectivity index (χ0) is 11.7. The highest BCUT2D eigenvalue weighted by molar-refractivity contribution is 5.03. The molecule has 2 fully saturated rings. The van der Waals surface area contributed by atoms with Crippen LogP contribution in [0.25, 0.3) is 0 Å². The molecule has 1 saturated carbocycles. The lowest BCUT2D eigenvalue weighted by Crippen LogP contribution is -2.27. The number of hydrogen-bond donors (Lipinski definition) is 2. The molecule has 2 aliphatic rings. The molecule has 1 atom stereocenters. The fraction of sp³-hybridized carbons (Fsp3) is 0.833. The number of nitrogens with zero attached hydrogens (tertiary/aromatic N) is 2. The molecular formula is C12H19N3O2. The third-order valence-electron chi connectivity index (χ3n) is 3.79. The van der Waals surface area contributed by atoms with Crippen molar-refractivity contribution in [1.29, 1.82) is 0 Å². The van der Waals surface area contributed by atoms with Gasteiger partial charge in [0.1, 0.15) is 0 Å². The third-order valence-corrected chi connectivity index (χ3v) is 3.79. The van der Waals surface area contributed by atoms with E-state index in [4.69, 9.17) is 4.52 Å². The van der Waals surface area contributed by atoms with Gasteiger partial charge in [-0.15, -0.1) is 0 Å². The van der Waals surface area contributed by atoms with Crippen LogP contribution >= 0.6 is 0 Å². The van der Waals surface area contributed by atoms with Crippen molar-refractivity contribution in [2.75, 3.05) is 6.54 Å². The van der Waals surface area contributed by atoms with Crippen LogP contribution in [0.2, 0.25) is 0 Å². The summed E-state index contributed by atoms with van der Waals surface area (Å²) in [4.78, 5) is 4.48. The van der Waals surface area contributed by atoms with E-state index in [-0.39, 0.29) is 18.1 Å². The first-order chi connectivity index (χ1) is 8.33. The van der Waals surface area contributed by atoms with Crippen LogP contribution in [0.1, 0.15) is 62.2 Å². The summed E-state index contributed by atoms with van der Waals surface area (Å²) >= 11 is 0. The molecular weight excluding hydrogens is 218 g/mol. The van der Waals surface area contributed by atoms with E-state index in [1.165, 1.54) is 19.3 Å². The van der Waals surface area contributed by atoms with Crippen LogP contribution in [-0.4, -0.2) is 27.9 Å². The highest BCUT2D eigenvalue weighted by atomic mass is 16.5. The molecule has 1 saturated heterocycles. The quantitative estimate of drug-likeness (QED) is 0.816. The van der Waals surface area contributed by atoms with Crippen LogP contribution in [0.5, 0.6) is 0 Å². The Morgan fingerprint density at radius 1 is 1.24 bits per heavy atom. The Morgan fingerprint density at radius 3 is 2.94 bits per heavy atom. The zero-order valence-corrected chi connectivity index (χ0v) is 9.93. The predicted octanol–water partition coefficient (Wildman–Crippen LogP) is 1.51. The van der Waals surface area contributed by atoms with Gasteiger partial charge in [-0.25, -0.2) is 0 Å². The van der Waals surface area contributed by atoms with Gasteiger partial charge in [-0.1, -0.05) is 18.0 Å². The molecule has 1 aromatic heterocycles. The van der Waals surface area contributed by atoms with Crippen molar-refractivity contribution in [2.45, 2.75) is 56.6 Å². The number of nitrogens with one attached hydrogen (secondary N) is 1. The van der Waals surface area contributed by atoms with Crippen molar-refractivity contribution in [1.82, 2.24) is 15.5 Å². The molecule has 0 amide bonds. The van der Waals surface area contributed by atoms with Gasteiger partial charge in [-0.2, -0.15) is 4.98 Å². The summed E-state index contributed by atoms with van der Waals surface area (Å²) in [5.41, 5.74) is 0. The van der Waals surface area contributed by atoms with Gasteiger partial charge in [-0.05, 0) is 32.2 Å². The monoisotopic (exact) mass is 237 g/mol. The molecule has 94 valence electrons. The first kappa shape index (κ1) is 11.2. The minimum Gasteiger partial charge on any atom is -0.393 e. The molecule has 5 heteroatoms. The van der Waals surface area contributed by atoms with Crippen molar-refractivity contribution in [3.05, 3.63) is 11.7 Å². The number of aromatic nitrogens is 2. The van der Waals surface area contributed by atoms with E-state index >= 15 is 0 Å². The van der Waals surface area contributed by atoms with Crippen LogP contribution in [0.15, 0.2) is 4.52 Å². The van der Waals surface area contributed by atoms with Crippen LogP contribution in [-0.2, 0) is 0 Å². The predicted molar refractivity (Wildman–Crippen MR) is 61.5 cm³/mol. The summed E-state index contributed by atoms with van der Waals surface area (Å²) in [5.74, 6) is 1.77. The number of aliphatic hydroxyl groups is 1. The fourth-order valence-corrected chi connectivity index (χ4v) is 2.59. The number of aliphatic hydroxyl groups excluding tert-OH is 1. The standard InChI is InChI=1S/C12H19N3O2/c16-9-6-8(7-9)12-14-11(15-17-12)10-4-2-1-3-5-13-10/h8-10,13,16H,1-7H2. The van der Waals surface area contributed by atoms with Crippen molar-refractivity contribution >= 4 is 0 Å². The van der Waals surface area contributed by atoms with Crippen LogP contribution < -0.4 is 5.32 Å². The van der Waals surface area contributed by atoms with E-state index < -0.39 is 0 Å².